The molecule has 25 heavy (non-hydrogen) atoms. The maximum Gasteiger partial charge on any atom is 0.319 e. The molecule has 0 aliphatic carbocycles. The number of amides is 3. The highest BCUT2D eigenvalue weighted by Crippen LogP contribution is 2.25. The molecule has 8 heteroatoms. The lowest BCUT2D eigenvalue weighted by Gasteiger charge is -2.31. The number of fused-ring (bicyclic) bond motifs is 1. The second-order valence-corrected chi connectivity index (χ2v) is 7.49. The molecule has 3 amide bonds. The van der Waals surface area contributed by atoms with Crippen LogP contribution < -0.4 is 5.32 Å². The van der Waals surface area contributed by atoms with Gasteiger partial charge in [0, 0.05) is 44.5 Å². The van der Waals surface area contributed by atoms with Gasteiger partial charge >= 0.3 is 6.03 Å². The molecule has 1 N–H and O–H groups in total. The van der Waals surface area contributed by atoms with Crippen molar-refractivity contribution in [3.8, 4) is 0 Å². The van der Waals surface area contributed by atoms with Crippen molar-refractivity contribution >= 4 is 28.4 Å². The summed E-state index contributed by atoms with van der Waals surface area (Å²) in [6.07, 6.45) is 3.96. The SMILES string of the molecule is Cc1nc(NC(=O)c2cncc3c2CCN(C(=O)N(C)C)C3)sc1C. The predicted octanol–water partition coefficient (Wildman–Crippen LogP) is 2.45. The molecule has 2 aromatic rings. The van der Waals surface area contributed by atoms with Crippen LogP contribution in [0.15, 0.2) is 12.4 Å². The van der Waals surface area contributed by atoms with Crippen LogP contribution in [0.2, 0.25) is 0 Å². The summed E-state index contributed by atoms with van der Waals surface area (Å²) >= 11 is 1.46. The van der Waals surface area contributed by atoms with E-state index in [1.165, 1.54) is 11.3 Å². The average Bonchev–Trinajstić information content (AvgIpc) is 2.90. The molecule has 1 aliphatic rings. The van der Waals surface area contributed by atoms with Gasteiger partial charge < -0.3 is 9.80 Å². The van der Waals surface area contributed by atoms with Crippen molar-refractivity contribution in [2.45, 2.75) is 26.8 Å². The Labute approximate surface area is 150 Å². The minimum absolute atomic E-state index is 0.0331. The Morgan fingerprint density at radius 3 is 2.68 bits per heavy atom. The second kappa shape index (κ2) is 6.79. The van der Waals surface area contributed by atoms with Gasteiger partial charge in [0.25, 0.3) is 5.91 Å². The van der Waals surface area contributed by atoms with E-state index < -0.39 is 0 Å². The molecule has 0 saturated heterocycles. The van der Waals surface area contributed by atoms with E-state index >= 15 is 0 Å². The van der Waals surface area contributed by atoms with Crippen LogP contribution >= 0.6 is 11.3 Å². The van der Waals surface area contributed by atoms with Crippen LogP contribution in [0.4, 0.5) is 9.93 Å². The van der Waals surface area contributed by atoms with Crippen molar-refractivity contribution in [1.29, 1.82) is 0 Å². The molecular formula is C17H21N5O2S. The van der Waals surface area contributed by atoms with Crippen molar-refractivity contribution in [2.24, 2.45) is 0 Å². The summed E-state index contributed by atoms with van der Waals surface area (Å²) in [5.41, 5.74) is 3.35. The first kappa shape index (κ1) is 17.3. The number of urea groups is 1. The largest absolute Gasteiger partial charge is 0.331 e. The van der Waals surface area contributed by atoms with Gasteiger partial charge in [-0.25, -0.2) is 9.78 Å². The fraction of sp³-hybridized carbons (Fsp3) is 0.412. The molecule has 0 unspecified atom stereocenters. The van der Waals surface area contributed by atoms with Crippen LogP contribution in [0.3, 0.4) is 0 Å². The zero-order chi connectivity index (χ0) is 18.1. The first-order valence-electron chi connectivity index (χ1n) is 8.04. The third-order valence-corrected chi connectivity index (χ3v) is 5.27. The van der Waals surface area contributed by atoms with E-state index in [9.17, 15) is 9.59 Å². The molecule has 132 valence electrons. The lowest BCUT2D eigenvalue weighted by atomic mass is 9.97. The Morgan fingerprint density at radius 1 is 1.28 bits per heavy atom. The Hall–Kier alpha value is -2.48. The number of aromatic nitrogens is 2. The highest BCUT2D eigenvalue weighted by atomic mass is 32.1. The van der Waals surface area contributed by atoms with E-state index in [0.29, 0.717) is 30.2 Å². The number of thiazole rings is 1. The van der Waals surface area contributed by atoms with Crippen LogP contribution in [0.25, 0.3) is 0 Å². The van der Waals surface area contributed by atoms with Crippen LogP contribution in [0, 0.1) is 13.8 Å². The van der Waals surface area contributed by atoms with Crippen molar-refractivity contribution in [2.75, 3.05) is 26.0 Å². The quantitative estimate of drug-likeness (QED) is 0.893. The lowest BCUT2D eigenvalue weighted by Crippen LogP contribution is -2.42. The molecule has 3 rings (SSSR count). The van der Waals surface area contributed by atoms with Crippen molar-refractivity contribution in [1.82, 2.24) is 19.8 Å². The first-order valence-corrected chi connectivity index (χ1v) is 8.86. The summed E-state index contributed by atoms with van der Waals surface area (Å²) in [6.45, 7) is 4.95. The highest BCUT2D eigenvalue weighted by Gasteiger charge is 2.26. The molecule has 1 aliphatic heterocycles. The van der Waals surface area contributed by atoms with E-state index in [4.69, 9.17) is 0 Å². The van der Waals surface area contributed by atoms with Gasteiger partial charge in [-0.3, -0.25) is 15.1 Å². The molecule has 0 bridgehead atoms. The normalized spacial score (nSPS) is 13.4. The number of hydrogen-bond donors (Lipinski definition) is 1. The monoisotopic (exact) mass is 359 g/mol. The molecule has 0 saturated carbocycles. The zero-order valence-electron chi connectivity index (χ0n) is 14.8. The van der Waals surface area contributed by atoms with Crippen molar-refractivity contribution in [3.05, 3.63) is 39.7 Å². The van der Waals surface area contributed by atoms with Gasteiger partial charge in [0.15, 0.2) is 5.13 Å². The molecular weight excluding hydrogens is 338 g/mol. The minimum atomic E-state index is -0.203. The average molecular weight is 359 g/mol. The van der Waals surface area contributed by atoms with Gasteiger partial charge in [0.1, 0.15) is 0 Å². The van der Waals surface area contributed by atoms with Gasteiger partial charge in [0.05, 0.1) is 11.3 Å². The number of anilines is 1. The summed E-state index contributed by atoms with van der Waals surface area (Å²) in [7, 11) is 3.47. The number of carbonyl (C=O) groups excluding carboxylic acids is 2. The number of pyridine rings is 1. The fourth-order valence-corrected chi connectivity index (χ4v) is 3.64. The highest BCUT2D eigenvalue weighted by molar-refractivity contribution is 7.15. The Balaban J connectivity index is 1.81. The molecule has 0 aromatic carbocycles. The topological polar surface area (TPSA) is 78.4 Å². The van der Waals surface area contributed by atoms with E-state index in [0.717, 1.165) is 21.7 Å². The Kier molecular flexibility index (Phi) is 4.71. The Bertz CT molecular complexity index is 811. The number of aryl methyl sites for hydroxylation is 2. The van der Waals surface area contributed by atoms with E-state index in [1.54, 1.807) is 36.3 Å². The molecule has 2 aromatic heterocycles. The van der Waals surface area contributed by atoms with Gasteiger partial charge in [-0.2, -0.15) is 0 Å². The number of carbonyl (C=O) groups is 2. The number of hydrogen-bond acceptors (Lipinski definition) is 5. The van der Waals surface area contributed by atoms with Crippen LogP contribution in [0.5, 0.6) is 0 Å². The zero-order valence-corrected chi connectivity index (χ0v) is 15.6. The predicted molar refractivity (Wildman–Crippen MR) is 97.0 cm³/mol. The van der Waals surface area contributed by atoms with Gasteiger partial charge in [-0.1, -0.05) is 0 Å². The number of nitrogens with one attached hydrogen (secondary N) is 1. The fourth-order valence-electron chi connectivity index (χ4n) is 2.83. The summed E-state index contributed by atoms with van der Waals surface area (Å²) in [5.74, 6) is -0.203. The summed E-state index contributed by atoms with van der Waals surface area (Å²) in [5, 5.41) is 3.46. The molecule has 7 nitrogen and oxygen atoms in total. The standard InChI is InChI=1S/C17H21N5O2S/c1-10-11(2)25-16(19-10)20-15(23)14-8-18-7-12-9-22(6-5-13(12)14)17(24)21(3)4/h7-8H,5-6,9H2,1-4H3,(H,19,20,23). The van der Waals surface area contributed by atoms with Gasteiger partial charge in [0.2, 0.25) is 0 Å². The van der Waals surface area contributed by atoms with E-state index in [-0.39, 0.29) is 11.9 Å². The maximum atomic E-state index is 12.7. The smallest absolute Gasteiger partial charge is 0.319 e. The molecule has 0 spiro atoms. The Morgan fingerprint density at radius 2 is 2.04 bits per heavy atom. The molecule has 0 fully saturated rings. The lowest BCUT2D eigenvalue weighted by molar-refractivity contribution is 0.102. The maximum absolute atomic E-state index is 12.7. The third-order valence-electron chi connectivity index (χ3n) is 4.29. The third kappa shape index (κ3) is 3.48. The molecule has 0 atom stereocenters. The minimum Gasteiger partial charge on any atom is -0.331 e. The molecule has 0 radical (unpaired) electrons. The van der Waals surface area contributed by atoms with Gasteiger partial charge in [-0.15, -0.1) is 11.3 Å². The van der Waals surface area contributed by atoms with Crippen molar-refractivity contribution < 1.29 is 9.59 Å². The van der Waals surface area contributed by atoms with Crippen molar-refractivity contribution in [3.63, 3.8) is 0 Å². The van der Waals surface area contributed by atoms with E-state index in [2.05, 4.69) is 15.3 Å². The van der Waals surface area contributed by atoms with Crippen LogP contribution in [-0.4, -0.2) is 52.3 Å². The van der Waals surface area contributed by atoms with Crippen LogP contribution in [-0.2, 0) is 13.0 Å². The number of nitrogens with zero attached hydrogens (tertiary/aromatic N) is 4. The first-order chi connectivity index (χ1) is 11.9. The summed E-state index contributed by atoms with van der Waals surface area (Å²) in [4.78, 5) is 37.8. The summed E-state index contributed by atoms with van der Waals surface area (Å²) < 4.78 is 0. The van der Waals surface area contributed by atoms with Gasteiger partial charge in [-0.05, 0) is 31.4 Å². The second-order valence-electron chi connectivity index (χ2n) is 6.29. The van der Waals surface area contributed by atoms with E-state index in [1.807, 2.05) is 13.8 Å². The molecule has 3 heterocycles. The number of rotatable bonds is 2. The van der Waals surface area contributed by atoms with Crippen LogP contribution in [0.1, 0.15) is 32.1 Å². The summed E-state index contributed by atoms with van der Waals surface area (Å²) in [6, 6.07) is -0.0331.